The highest BCUT2D eigenvalue weighted by atomic mass is 16.5. The summed E-state index contributed by atoms with van der Waals surface area (Å²) in [6, 6.07) is 14.8. The Balaban J connectivity index is 1.99. The van der Waals surface area contributed by atoms with Crippen LogP contribution in [0.3, 0.4) is 0 Å². The fraction of sp³-hybridized carbons (Fsp3) is 0.292. The fourth-order valence-corrected chi connectivity index (χ4v) is 3.77. The van der Waals surface area contributed by atoms with Gasteiger partial charge in [0.25, 0.3) is 0 Å². The van der Waals surface area contributed by atoms with E-state index in [1.165, 1.54) is 22.4 Å². The number of para-hydroxylation sites is 1. The van der Waals surface area contributed by atoms with E-state index in [9.17, 15) is 0 Å². The number of benzene rings is 2. The Hall–Kier alpha value is -2.81. The van der Waals surface area contributed by atoms with Crippen LogP contribution in [0.4, 0.5) is 17.2 Å². The summed E-state index contributed by atoms with van der Waals surface area (Å²) >= 11 is 0. The molecule has 1 aromatic heterocycles. The molecule has 0 radical (unpaired) electrons. The van der Waals surface area contributed by atoms with E-state index in [2.05, 4.69) is 81.8 Å². The third-order valence-electron chi connectivity index (χ3n) is 5.19. The number of hydrogen-bond donors (Lipinski definition) is 0. The smallest absolute Gasteiger partial charge is 0.181 e. The molecule has 2 aromatic carbocycles. The maximum Gasteiger partial charge on any atom is 0.181 e. The first-order valence-corrected chi connectivity index (χ1v) is 9.41. The van der Waals surface area contributed by atoms with E-state index in [0.717, 1.165) is 28.6 Å². The molecule has 2 heterocycles. The molecule has 3 aromatic rings. The van der Waals surface area contributed by atoms with Crippen molar-refractivity contribution < 1.29 is 4.74 Å². The first kappa shape index (κ1) is 17.6. The number of anilines is 3. The van der Waals surface area contributed by atoms with Crippen molar-refractivity contribution in [2.45, 2.75) is 47.0 Å². The average molecular weight is 358 g/mol. The minimum Gasteiger partial charge on any atom is -0.451 e. The summed E-state index contributed by atoms with van der Waals surface area (Å²) in [6.07, 6.45) is 1.82. The minimum atomic E-state index is 0.115. The third-order valence-corrected chi connectivity index (χ3v) is 5.19. The summed E-state index contributed by atoms with van der Waals surface area (Å²) in [5.41, 5.74) is 7.28. The summed E-state index contributed by atoms with van der Waals surface area (Å²) < 4.78 is 6.21. The van der Waals surface area contributed by atoms with Gasteiger partial charge < -0.3 is 4.74 Å². The van der Waals surface area contributed by atoms with Gasteiger partial charge in [-0.25, -0.2) is 4.98 Å². The average Bonchev–Trinajstić information content (AvgIpc) is 2.60. The lowest BCUT2D eigenvalue weighted by atomic mass is 9.84. The number of aryl methyl sites for hydroxylation is 3. The number of nitrogens with zero attached hydrogens (tertiary/aromatic N) is 2. The van der Waals surface area contributed by atoms with Crippen LogP contribution in [-0.2, 0) is 5.41 Å². The van der Waals surface area contributed by atoms with Gasteiger partial charge in [-0.3, -0.25) is 4.90 Å². The van der Waals surface area contributed by atoms with Crippen LogP contribution in [0.5, 0.6) is 11.5 Å². The van der Waals surface area contributed by atoms with E-state index in [0.29, 0.717) is 0 Å². The molecule has 0 fully saturated rings. The van der Waals surface area contributed by atoms with Gasteiger partial charge in [-0.2, -0.15) is 0 Å². The molecule has 0 saturated heterocycles. The second-order valence-corrected chi connectivity index (χ2v) is 8.39. The van der Waals surface area contributed by atoms with Gasteiger partial charge in [0.15, 0.2) is 17.3 Å². The number of hydrogen-bond acceptors (Lipinski definition) is 3. The molecule has 0 aliphatic carbocycles. The van der Waals surface area contributed by atoms with Crippen LogP contribution in [0.15, 0.2) is 48.7 Å². The van der Waals surface area contributed by atoms with Crippen molar-refractivity contribution in [2.75, 3.05) is 4.90 Å². The van der Waals surface area contributed by atoms with Crippen LogP contribution in [0.25, 0.3) is 0 Å². The summed E-state index contributed by atoms with van der Waals surface area (Å²) in [4.78, 5) is 6.91. The maximum absolute atomic E-state index is 6.21. The molecular formula is C24H26N2O. The zero-order chi connectivity index (χ0) is 19.3. The Morgan fingerprint density at radius 1 is 0.889 bits per heavy atom. The summed E-state index contributed by atoms with van der Waals surface area (Å²) in [5.74, 6) is 2.53. The molecule has 0 atom stereocenters. The van der Waals surface area contributed by atoms with E-state index < -0.39 is 0 Å². The largest absolute Gasteiger partial charge is 0.451 e. The van der Waals surface area contributed by atoms with Gasteiger partial charge in [-0.15, -0.1) is 0 Å². The molecule has 0 unspecified atom stereocenters. The second kappa shape index (κ2) is 6.12. The van der Waals surface area contributed by atoms with Gasteiger partial charge in [-0.05, 0) is 66.6 Å². The Labute approximate surface area is 161 Å². The minimum absolute atomic E-state index is 0.115. The van der Waals surface area contributed by atoms with Crippen LogP contribution >= 0.6 is 0 Å². The molecule has 0 amide bonds. The maximum atomic E-state index is 6.21. The lowest BCUT2D eigenvalue weighted by Gasteiger charge is -2.35. The Bertz CT molecular complexity index is 1010. The third kappa shape index (κ3) is 2.87. The van der Waals surface area contributed by atoms with E-state index >= 15 is 0 Å². The van der Waals surface area contributed by atoms with E-state index in [4.69, 9.17) is 4.74 Å². The van der Waals surface area contributed by atoms with Crippen molar-refractivity contribution in [3.05, 3.63) is 70.9 Å². The van der Waals surface area contributed by atoms with Crippen LogP contribution in [0.2, 0.25) is 0 Å². The van der Waals surface area contributed by atoms with Crippen LogP contribution in [0, 0.1) is 20.8 Å². The molecule has 0 saturated carbocycles. The lowest BCUT2D eigenvalue weighted by molar-refractivity contribution is 0.470. The number of ether oxygens (including phenoxy) is 1. The predicted molar refractivity (Wildman–Crippen MR) is 112 cm³/mol. The van der Waals surface area contributed by atoms with E-state index in [1.54, 1.807) is 0 Å². The Kier molecular flexibility index (Phi) is 3.99. The first-order valence-electron chi connectivity index (χ1n) is 9.41. The van der Waals surface area contributed by atoms with Crippen molar-refractivity contribution in [1.29, 1.82) is 0 Å². The SMILES string of the molecule is Cc1cccc2c1Oc1cccnc1N2c1c(C)cc(C(C)(C)C)cc1C. The van der Waals surface area contributed by atoms with Crippen molar-refractivity contribution >= 4 is 17.2 Å². The van der Waals surface area contributed by atoms with Crippen LogP contribution < -0.4 is 9.64 Å². The van der Waals surface area contributed by atoms with Crippen LogP contribution in [0.1, 0.15) is 43.0 Å². The highest BCUT2D eigenvalue weighted by Gasteiger charge is 2.30. The van der Waals surface area contributed by atoms with Crippen molar-refractivity contribution in [3.8, 4) is 11.5 Å². The lowest BCUT2D eigenvalue weighted by Crippen LogP contribution is -2.20. The number of aromatic nitrogens is 1. The van der Waals surface area contributed by atoms with Crippen molar-refractivity contribution in [2.24, 2.45) is 0 Å². The highest BCUT2D eigenvalue weighted by Crippen LogP contribution is 2.52. The van der Waals surface area contributed by atoms with Gasteiger partial charge in [0.1, 0.15) is 0 Å². The fourth-order valence-electron chi connectivity index (χ4n) is 3.77. The van der Waals surface area contributed by atoms with Gasteiger partial charge >= 0.3 is 0 Å². The summed E-state index contributed by atoms with van der Waals surface area (Å²) in [7, 11) is 0. The molecule has 0 bridgehead atoms. The molecule has 1 aliphatic heterocycles. The topological polar surface area (TPSA) is 25.4 Å². The van der Waals surface area contributed by atoms with Crippen molar-refractivity contribution in [3.63, 3.8) is 0 Å². The molecule has 27 heavy (non-hydrogen) atoms. The zero-order valence-corrected chi connectivity index (χ0v) is 16.9. The molecule has 1 aliphatic rings. The van der Waals surface area contributed by atoms with E-state index in [-0.39, 0.29) is 5.41 Å². The molecule has 3 nitrogen and oxygen atoms in total. The van der Waals surface area contributed by atoms with Gasteiger partial charge in [0, 0.05) is 6.20 Å². The standard InChI is InChI=1S/C24H26N2O/c1-15-9-7-10-19-22(15)27-20-11-8-12-25-23(20)26(19)21-16(2)13-18(14-17(21)3)24(4,5)6/h7-14H,1-6H3. The molecule has 0 spiro atoms. The van der Waals surface area contributed by atoms with E-state index in [1.807, 2.05) is 18.3 Å². The first-order chi connectivity index (χ1) is 12.8. The zero-order valence-electron chi connectivity index (χ0n) is 16.9. The Morgan fingerprint density at radius 2 is 1.59 bits per heavy atom. The number of pyridine rings is 1. The molecular weight excluding hydrogens is 332 g/mol. The number of rotatable bonds is 1. The molecule has 4 rings (SSSR count). The second-order valence-electron chi connectivity index (χ2n) is 8.39. The quantitative estimate of drug-likeness (QED) is 0.371. The molecule has 138 valence electrons. The molecule has 3 heteroatoms. The monoisotopic (exact) mass is 358 g/mol. The summed E-state index contributed by atoms with van der Waals surface area (Å²) in [6.45, 7) is 13.2. The van der Waals surface area contributed by atoms with Gasteiger partial charge in [0.05, 0.1) is 11.4 Å². The van der Waals surface area contributed by atoms with Gasteiger partial charge in [-0.1, -0.05) is 45.0 Å². The molecule has 0 N–H and O–H groups in total. The van der Waals surface area contributed by atoms with Gasteiger partial charge in [0.2, 0.25) is 0 Å². The predicted octanol–water partition coefficient (Wildman–Crippen LogP) is 6.88. The van der Waals surface area contributed by atoms with Crippen molar-refractivity contribution in [1.82, 2.24) is 4.98 Å². The normalized spacial score (nSPS) is 13.0. The highest BCUT2D eigenvalue weighted by molar-refractivity contribution is 5.87. The summed E-state index contributed by atoms with van der Waals surface area (Å²) in [5, 5.41) is 0. The van der Waals surface area contributed by atoms with Crippen LogP contribution in [-0.4, -0.2) is 4.98 Å². The number of fused-ring (bicyclic) bond motifs is 2. The Morgan fingerprint density at radius 3 is 2.26 bits per heavy atom.